The Morgan fingerprint density at radius 2 is 2.04 bits per heavy atom. The van der Waals surface area contributed by atoms with Crippen LogP contribution in [0.2, 0.25) is 0 Å². The third-order valence-electron chi connectivity index (χ3n) is 4.29. The highest BCUT2D eigenvalue weighted by molar-refractivity contribution is 5.83. The van der Waals surface area contributed by atoms with E-state index < -0.39 is 0 Å². The summed E-state index contributed by atoms with van der Waals surface area (Å²) in [6, 6.07) is 9.69. The predicted octanol–water partition coefficient (Wildman–Crippen LogP) is 1.26. The normalized spacial score (nSPS) is 11.3. The van der Waals surface area contributed by atoms with Crippen molar-refractivity contribution in [2.75, 3.05) is 19.5 Å². The highest BCUT2D eigenvalue weighted by Gasteiger charge is 2.17. The number of hydrogen-bond donors (Lipinski definition) is 2. The van der Waals surface area contributed by atoms with Gasteiger partial charge in [0.2, 0.25) is 0 Å². The van der Waals surface area contributed by atoms with Crippen molar-refractivity contribution in [3.8, 4) is 11.6 Å². The maximum atomic E-state index is 12.4. The number of nitrogens with zero attached hydrogens (tertiary/aromatic N) is 5. The van der Waals surface area contributed by atoms with E-state index >= 15 is 0 Å². The molecule has 1 aromatic carbocycles. The van der Waals surface area contributed by atoms with Gasteiger partial charge in [-0.05, 0) is 5.56 Å². The first-order valence-corrected chi connectivity index (χ1v) is 8.48. The van der Waals surface area contributed by atoms with Crippen LogP contribution in [0.3, 0.4) is 0 Å². The van der Waals surface area contributed by atoms with Crippen molar-refractivity contribution in [1.82, 2.24) is 29.1 Å². The molecule has 0 saturated carbocycles. The van der Waals surface area contributed by atoms with E-state index in [1.54, 1.807) is 17.9 Å². The lowest BCUT2D eigenvalue weighted by Crippen LogP contribution is -2.17. The molecule has 0 unspecified atom stereocenters. The van der Waals surface area contributed by atoms with Gasteiger partial charge >= 0.3 is 5.69 Å². The molecule has 138 valence electrons. The number of hydrogen-bond acceptors (Lipinski definition) is 6. The highest BCUT2D eigenvalue weighted by atomic mass is 16.5. The van der Waals surface area contributed by atoms with Gasteiger partial charge in [0.25, 0.3) is 0 Å². The van der Waals surface area contributed by atoms with Crippen molar-refractivity contribution in [3.05, 3.63) is 58.8 Å². The van der Waals surface area contributed by atoms with Crippen LogP contribution in [0, 0.1) is 0 Å². The quantitative estimate of drug-likeness (QED) is 0.531. The number of nitrogen functional groups attached to an aromatic ring is 1. The first kappa shape index (κ1) is 17.0. The third-order valence-corrected chi connectivity index (χ3v) is 4.29. The van der Waals surface area contributed by atoms with E-state index in [1.807, 2.05) is 41.1 Å². The molecule has 0 radical (unpaired) electrons. The summed E-state index contributed by atoms with van der Waals surface area (Å²) >= 11 is 0. The van der Waals surface area contributed by atoms with E-state index in [-0.39, 0.29) is 11.5 Å². The van der Waals surface area contributed by atoms with Crippen LogP contribution in [0.5, 0.6) is 0 Å². The van der Waals surface area contributed by atoms with Crippen molar-refractivity contribution in [3.63, 3.8) is 0 Å². The maximum Gasteiger partial charge on any atom is 0.328 e. The Kier molecular flexibility index (Phi) is 4.43. The Hall–Kier alpha value is -3.46. The van der Waals surface area contributed by atoms with Gasteiger partial charge in [0.15, 0.2) is 23.1 Å². The minimum Gasteiger partial charge on any atom is -0.383 e. The monoisotopic (exact) mass is 365 g/mol. The van der Waals surface area contributed by atoms with Gasteiger partial charge in [0.1, 0.15) is 5.52 Å². The Balaban J connectivity index is 1.82. The number of ether oxygens (including phenoxy) is 1. The van der Waals surface area contributed by atoms with Crippen LogP contribution in [0.25, 0.3) is 22.8 Å². The number of nitrogens with two attached hydrogens (primary N) is 1. The lowest BCUT2D eigenvalue weighted by atomic mass is 10.2. The van der Waals surface area contributed by atoms with Crippen LogP contribution in [0.4, 0.5) is 5.82 Å². The molecule has 3 heterocycles. The number of aromatic amines is 1. The highest BCUT2D eigenvalue weighted by Crippen LogP contribution is 2.21. The minimum atomic E-state index is -0.283. The van der Waals surface area contributed by atoms with Gasteiger partial charge in [-0.3, -0.25) is 4.57 Å². The Bertz CT molecular complexity index is 1130. The molecule has 0 bridgehead atoms. The fourth-order valence-corrected chi connectivity index (χ4v) is 2.95. The topological polar surface area (TPSA) is 117 Å². The summed E-state index contributed by atoms with van der Waals surface area (Å²) in [6.07, 6.45) is 3.50. The number of methoxy groups -OCH3 is 1. The van der Waals surface area contributed by atoms with Crippen molar-refractivity contribution in [1.29, 1.82) is 0 Å². The smallest absolute Gasteiger partial charge is 0.328 e. The fraction of sp³-hybridized carbons (Fsp3) is 0.222. The van der Waals surface area contributed by atoms with E-state index in [0.717, 1.165) is 5.56 Å². The zero-order valence-corrected chi connectivity index (χ0v) is 14.8. The van der Waals surface area contributed by atoms with Crippen LogP contribution < -0.4 is 11.4 Å². The first-order chi connectivity index (χ1) is 13.2. The van der Waals surface area contributed by atoms with E-state index in [2.05, 4.69) is 19.9 Å². The number of imidazole rings is 2. The molecule has 0 spiro atoms. The number of benzene rings is 1. The largest absolute Gasteiger partial charge is 0.383 e. The second-order valence-corrected chi connectivity index (χ2v) is 6.07. The average Bonchev–Trinajstić information content (AvgIpc) is 3.26. The summed E-state index contributed by atoms with van der Waals surface area (Å²) < 4.78 is 8.56. The van der Waals surface area contributed by atoms with Crippen LogP contribution in [-0.2, 0) is 17.8 Å². The Morgan fingerprint density at radius 3 is 2.81 bits per heavy atom. The summed E-state index contributed by atoms with van der Waals surface area (Å²) in [6.45, 7) is 1.52. The number of fused-ring (bicyclic) bond motifs is 1. The zero-order valence-electron chi connectivity index (χ0n) is 14.8. The zero-order chi connectivity index (χ0) is 18.8. The molecular formula is C18H19N7O2. The average molecular weight is 365 g/mol. The van der Waals surface area contributed by atoms with Gasteiger partial charge in [0.05, 0.1) is 13.2 Å². The summed E-state index contributed by atoms with van der Waals surface area (Å²) in [4.78, 5) is 28.4. The van der Waals surface area contributed by atoms with Crippen molar-refractivity contribution in [2.45, 2.75) is 13.1 Å². The molecule has 4 aromatic rings. The number of anilines is 1. The van der Waals surface area contributed by atoms with Gasteiger partial charge in [-0.1, -0.05) is 30.3 Å². The summed E-state index contributed by atoms with van der Waals surface area (Å²) in [5.74, 6) is 1.14. The lowest BCUT2D eigenvalue weighted by Gasteiger charge is -2.08. The standard InChI is InChI=1S/C18H19N7O2/c1-27-10-9-24-8-7-20-17(24)15-22-14(19)13-16(23-15)25(18(26)21-13)11-12-5-3-2-4-6-12/h2-8H,9-11H2,1H3,(H,21,26)(H2,19,22,23). The van der Waals surface area contributed by atoms with Gasteiger partial charge in [-0.25, -0.2) is 19.7 Å². The molecule has 27 heavy (non-hydrogen) atoms. The van der Waals surface area contributed by atoms with Gasteiger partial charge < -0.3 is 20.0 Å². The number of aromatic nitrogens is 6. The van der Waals surface area contributed by atoms with Crippen molar-refractivity contribution < 1.29 is 4.74 Å². The van der Waals surface area contributed by atoms with E-state index in [4.69, 9.17) is 10.5 Å². The van der Waals surface area contributed by atoms with E-state index in [0.29, 0.717) is 42.5 Å². The van der Waals surface area contributed by atoms with Gasteiger partial charge in [-0.2, -0.15) is 0 Å². The second-order valence-electron chi connectivity index (χ2n) is 6.07. The molecule has 0 aliphatic rings. The predicted molar refractivity (Wildman–Crippen MR) is 101 cm³/mol. The first-order valence-electron chi connectivity index (χ1n) is 8.48. The van der Waals surface area contributed by atoms with Crippen molar-refractivity contribution in [2.24, 2.45) is 0 Å². The number of H-pyrrole nitrogens is 1. The van der Waals surface area contributed by atoms with E-state index in [9.17, 15) is 4.79 Å². The summed E-state index contributed by atoms with van der Waals surface area (Å²) in [7, 11) is 1.64. The molecule has 9 nitrogen and oxygen atoms in total. The molecule has 0 amide bonds. The molecule has 0 fully saturated rings. The Morgan fingerprint density at radius 1 is 1.22 bits per heavy atom. The lowest BCUT2D eigenvalue weighted by molar-refractivity contribution is 0.187. The molecule has 0 saturated heterocycles. The third kappa shape index (κ3) is 3.20. The molecule has 0 aliphatic carbocycles. The molecule has 0 aliphatic heterocycles. The van der Waals surface area contributed by atoms with Crippen LogP contribution >= 0.6 is 0 Å². The minimum absolute atomic E-state index is 0.209. The molecule has 3 N–H and O–H groups in total. The summed E-state index contributed by atoms with van der Waals surface area (Å²) in [5, 5.41) is 0. The van der Waals surface area contributed by atoms with Crippen LogP contribution in [-0.4, -0.2) is 42.8 Å². The number of rotatable bonds is 6. The van der Waals surface area contributed by atoms with Gasteiger partial charge in [0, 0.05) is 26.0 Å². The molecular weight excluding hydrogens is 346 g/mol. The van der Waals surface area contributed by atoms with Crippen LogP contribution in [0.1, 0.15) is 5.56 Å². The van der Waals surface area contributed by atoms with E-state index in [1.165, 1.54) is 0 Å². The Labute approximate surface area is 154 Å². The number of nitrogens with one attached hydrogen (secondary N) is 1. The fourth-order valence-electron chi connectivity index (χ4n) is 2.95. The molecule has 0 atom stereocenters. The van der Waals surface area contributed by atoms with Crippen molar-refractivity contribution >= 4 is 17.0 Å². The molecule has 3 aromatic heterocycles. The van der Waals surface area contributed by atoms with Gasteiger partial charge in [-0.15, -0.1) is 0 Å². The summed E-state index contributed by atoms with van der Waals surface area (Å²) in [5.41, 5.74) is 7.67. The maximum absolute atomic E-state index is 12.4. The second kappa shape index (κ2) is 7.04. The molecule has 9 heteroatoms. The SMILES string of the molecule is COCCn1ccnc1-c1nc(N)c2[nH]c(=O)n(Cc3ccccc3)c2n1. The van der Waals surface area contributed by atoms with Crippen LogP contribution in [0.15, 0.2) is 47.5 Å². The molecule has 4 rings (SSSR count).